The lowest BCUT2D eigenvalue weighted by Gasteiger charge is -2.22. The highest BCUT2D eigenvalue weighted by molar-refractivity contribution is 7.89. The molecule has 0 saturated carbocycles. The van der Waals surface area contributed by atoms with Gasteiger partial charge in [-0.15, -0.1) is 0 Å². The first-order valence-electron chi connectivity index (χ1n) is 10.1. The van der Waals surface area contributed by atoms with Crippen LogP contribution in [0.1, 0.15) is 22.3 Å². The van der Waals surface area contributed by atoms with Crippen molar-refractivity contribution in [3.8, 4) is 0 Å². The van der Waals surface area contributed by atoms with E-state index in [9.17, 15) is 8.42 Å². The number of fused-ring (bicyclic) bond motifs is 1. The van der Waals surface area contributed by atoms with Crippen molar-refractivity contribution in [3.63, 3.8) is 0 Å². The third kappa shape index (κ3) is 4.18. The van der Waals surface area contributed by atoms with Crippen LogP contribution in [0.3, 0.4) is 0 Å². The van der Waals surface area contributed by atoms with E-state index in [1.807, 2.05) is 61.7 Å². The Morgan fingerprint density at radius 2 is 1.60 bits per heavy atom. The minimum Gasteiger partial charge on any atom is -0.361 e. The molecule has 30 heavy (non-hydrogen) atoms. The maximum Gasteiger partial charge on any atom is 0.243 e. The molecule has 0 aliphatic carbocycles. The topological polar surface area (TPSA) is 53.2 Å². The number of aromatic nitrogens is 1. The molecule has 0 spiro atoms. The van der Waals surface area contributed by atoms with Gasteiger partial charge in [-0.1, -0.05) is 66.2 Å². The molecule has 1 aromatic heterocycles. The van der Waals surface area contributed by atoms with E-state index in [1.165, 1.54) is 5.56 Å². The summed E-state index contributed by atoms with van der Waals surface area (Å²) in [6, 6.07) is 23.0. The van der Waals surface area contributed by atoms with Gasteiger partial charge in [0.2, 0.25) is 10.0 Å². The van der Waals surface area contributed by atoms with Gasteiger partial charge in [-0.3, -0.25) is 0 Å². The van der Waals surface area contributed by atoms with Crippen LogP contribution in [0.2, 0.25) is 0 Å². The summed E-state index contributed by atoms with van der Waals surface area (Å²) in [6.07, 6.45) is 2.64. The van der Waals surface area contributed by atoms with Gasteiger partial charge < -0.3 is 4.98 Å². The molecule has 5 heteroatoms. The number of hydrogen-bond acceptors (Lipinski definition) is 2. The minimum absolute atomic E-state index is 0.332. The summed E-state index contributed by atoms with van der Waals surface area (Å²) < 4.78 is 28.5. The minimum atomic E-state index is -3.61. The first-order chi connectivity index (χ1) is 14.4. The molecule has 4 aromatic rings. The number of nitrogens with one attached hydrogen (secondary N) is 1. The molecule has 0 amide bonds. The maximum atomic E-state index is 13.4. The molecule has 0 aliphatic heterocycles. The summed E-state index contributed by atoms with van der Waals surface area (Å²) in [5.74, 6) is 0. The summed E-state index contributed by atoms with van der Waals surface area (Å²) in [4.78, 5) is 3.67. The van der Waals surface area contributed by atoms with Crippen LogP contribution in [0.25, 0.3) is 10.9 Å². The summed E-state index contributed by atoms with van der Waals surface area (Å²) >= 11 is 0. The molecule has 0 radical (unpaired) electrons. The number of aromatic amines is 1. The molecular weight excluding hydrogens is 392 g/mol. The molecule has 3 aromatic carbocycles. The second-order valence-corrected chi connectivity index (χ2v) is 9.64. The Kier molecular flexibility index (Phi) is 5.75. The van der Waals surface area contributed by atoms with E-state index in [2.05, 4.69) is 24.0 Å². The summed E-state index contributed by atoms with van der Waals surface area (Å²) in [5.41, 5.74) is 5.45. The maximum absolute atomic E-state index is 13.4. The summed E-state index contributed by atoms with van der Waals surface area (Å²) in [6.45, 7) is 4.79. The van der Waals surface area contributed by atoms with Gasteiger partial charge in [-0.05, 0) is 49.1 Å². The standard InChI is InChI=1S/C25H26N2O2S/c1-19-11-13-23(14-12-19)30(28,29)27(18-21-8-4-3-5-9-21)16-15-22-17-26-25-20(2)7-6-10-24(22)25/h3-14,17,26H,15-16,18H2,1-2H3. The molecule has 0 aliphatic rings. The molecule has 1 heterocycles. The summed E-state index contributed by atoms with van der Waals surface area (Å²) in [5, 5.41) is 1.15. The quantitative estimate of drug-likeness (QED) is 0.447. The van der Waals surface area contributed by atoms with Crippen molar-refractivity contribution in [1.29, 1.82) is 0 Å². The first-order valence-corrected chi connectivity index (χ1v) is 11.6. The number of benzene rings is 3. The predicted octanol–water partition coefficient (Wildman–Crippen LogP) is 5.22. The molecule has 0 saturated heterocycles. The van der Waals surface area contributed by atoms with E-state index < -0.39 is 10.0 Å². The Morgan fingerprint density at radius 1 is 0.867 bits per heavy atom. The zero-order valence-corrected chi connectivity index (χ0v) is 18.1. The average Bonchev–Trinajstić information content (AvgIpc) is 3.16. The normalized spacial score (nSPS) is 12.0. The highest BCUT2D eigenvalue weighted by Crippen LogP contribution is 2.24. The van der Waals surface area contributed by atoms with Gasteiger partial charge in [0.05, 0.1) is 4.90 Å². The fraction of sp³-hybridized carbons (Fsp3) is 0.200. The predicted molar refractivity (Wildman–Crippen MR) is 122 cm³/mol. The highest BCUT2D eigenvalue weighted by Gasteiger charge is 2.25. The Hall–Kier alpha value is -2.89. The van der Waals surface area contributed by atoms with Gasteiger partial charge in [0.15, 0.2) is 0 Å². The van der Waals surface area contributed by atoms with Crippen LogP contribution >= 0.6 is 0 Å². The molecule has 4 nitrogen and oxygen atoms in total. The lowest BCUT2D eigenvalue weighted by atomic mass is 10.1. The van der Waals surface area contributed by atoms with Crippen molar-refractivity contribution in [2.45, 2.75) is 31.7 Å². The molecule has 0 bridgehead atoms. The van der Waals surface area contributed by atoms with E-state index in [0.29, 0.717) is 24.4 Å². The van der Waals surface area contributed by atoms with E-state index in [1.54, 1.807) is 16.4 Å². The Balaban J connectivity index is 1.64. The smallest absolute Gasteiger partial charge is 0.243 e. The van der Waals surface area contributed by atoms with E-state index in [0.717, 1.165) is 27.6 Å². The Morgan fingerprint density at radius 3 is 2.33 bits per heavy atom. The van der Waals surface area contributed by atoms with Crippen molar-refractivity contribution >= 4 is 20.9 Å². The second kappa shape index (κ2) is 8.46. The zero-order valence-electron chi connectivity index (χ0n) is 17.3. The third-order valence-corrected chi connectivity index (χ3v) is 7.36. The molecule has 0 atom stereocenters. The van der Waals surface area contributed by atoms with Crippen LogP contribution in [0.4, 0.5) is 0 Å². The van der Waals surface area contributed by atoms with Crippen LogP contribution in [-0.2, 0) is 23.0 Å². The van der Waals surface area contributed by atoms with Crippen LogP contribution in [0.5, 0.6) is 0 Å². The van der Waals surface area contributed by atoms with Crippen molar-refractivity contribution < 1.29 is 8.42 Å². The van der Waals surface area contributed by atoms with Gasteiger partial charge in [0.25, 0.3) is 0 Å². The lowest BCUT2D eigenvalue weighted by molar-refractivity contribution is 0.410. The number of para-hydroxylation sites is 1. The van der Waals surface area contributed by atoms with Crippen molar-refractivity contribution in [3.05, 3.63) is 101 Å². The molecule has 0 fully saturated rings. The molecule has 0 unspecified atom stereocenters. The molecule has 4 rings (SSSR count). The fourth-order valence-corrected chi connectivity index (χ4v) is 5.18. The number of H-pyrrole nitrogens is 1. The Labute approximate surface area is 178 Å². The third-order valence-electron chi connectivity index (χ3n) is 5.50. The number of rotatable bonds is 7. The van der Waals surface area contributed by atoms with Gasteiger partial charge in [-0.25, -0.2) is 8.42 Å². The number of aryl methyl sites for hydroxylation is 2. The van der Waals surface area contributed by atoms with Crippen molar-refractivity contribution in [2.24, 2.45) is 0 Å². The van der Waals surface area contributed by atoms with Crippen LogP contribution in [0.15, 0.2) is 83.9 Å². The van der Waals surface area contributed by atoms with E-state index >= 15 is 0 Å². The van der Waals surface area contributed by atoms with E-state index in [4.69, 9.17) is 0 Å². The average molecular weight is 419 g/mol. The second-order valence-electron chi connectivity index (χ2n) is 7.70. The largest absolute Gasteiger partial charge is 0.361 e. The molecule has 1 N–H and O–H groups in total. The fourth-order valence-electron chi connectivity index (χ4n) is 3.75. The Bertz CT molecular complexity index is 1240. The first kappa shape index (κ1) is 20.4. The van der Waals surface area contributed by atoms with Crippen molar-refractivity contribution in [2.75, 3.05) is 6.54 Å². The number of nitrogens with zero attached hydrogens (tertiary/aromatic N) is 1. The van der Waals surface area contributed by atoms with Gasteiger partial charge in [0.1, 0.15) is 0 Å². The van der Waals surface area contributed by atoms with Gasteiger partial charge in [0, 0.05) is 30.2 Å². The van der Waals surface area contributed by atoms with Gasteiger partial charge in [-0.2, -0.15) is 4.31 Å². The monoisotopic (exact) mass is 418 g/mol. The molecule has 154 valence electrons. The van der Waals surface area contributed by atoms with E-state index in [-0.39, 0.29) is 0 Å². The van der Waals surface area contributed by atoms with Crippen LogP contribution < -0.4 is 0 Å². The van der Waals surface area contributed by atoms with Crippen LogP contribution in [-0.4, -0.2) is 24.3 Å². The molecular formula is C25H26N2O2S. The van der Waals surface area contributed by atoms with Gasteiger partial charge >= 0.3 is 0 Å². The summed E-state index contributed by atoms with van der Waals surface area (Å²) in [7, 11) is -3.61. The van der Waals surface area contributed by atoms with Crippen molar-refractivity contribution in [1.82, 2.24) is 9.29 Å². The number of hydrogen-bond donors (Lipinski definition) is 1. The highest BCUT2D eigenvalue weighted by atomic mass is 32.2. The number of sulfonamides is 1. The van der Waals surface area contributed by atoms with Crippen LogP contribution in [0, 0.1) is 13.8 Å². The lowest BCUT2D eigenvalue weighted by Crippen LogP contribution is -2.32. The zero-order chi connectivity index (χ0) is 21.1. The SMILES string of the molecule is Cc1ccc(S(=O)(=O)N(CCc2c[nH]c3c(C)cccc23)Cc2ccccc2)cc1.